The summed E-state index contributed by atoms with van der Waals surface area (Å²) < 4.78 is 10.4. The van der Waals surface area contributed by atoms with Gasteiger partial charge in [-0.1, -0.05) is 27.7 Å². The number of carbonyl (C=O) groups is 10. The van der Waals surface area contributed by atoms with Crippen LogP contribution in [-0.2, 0) is 38.2 Å². The Balaban J connectivity index is 1.71. The van der Waals surface area contributed by atoms with Crippen LogP contribution < -0.4 is 53.2 Å². The van der Waals surface area contributed by atoms with E-state index in [-0.39, 0.29) is 73.4 Å². The molecule has 0 saturated carbocycles. The minimum absolute atomic E-state index is 0.00165. The van der Waals surface area contributed by atoms with E-state index in [2.05, 4.69) is 53.2 Å². The molecule has 0 unspecified atom stereocenters. The lowest BCUT2D eigenvalue weighted by Crippen LogP contribution is -2.55. The third-order valence-corrected chi connectivity index (χ3v) is 11.2. The second kappa shape index (κ2) is 27.2. The molecule has 0 aliphatic heterocycles. The number of hydrogen-bond donors (Lipinski definition) is 12. The molecule has 0 spiro atoms. The molecule has 24 nitrogen and oxygen atoms in total. The monoisotopic (exact) mass is 1070 g/mol. The van der Waals surface area contributed by atoms with E-state index in [4.69, 9.17) is 9.47 Å². The van der Waals surface area contributed by atoms with Crippen molar-refractivity contribution in [2.75, 3.05) is 36.8 Å². The highest BCUT2D eigenvalue weighted by Crippen LogP contribution is 2.42. The topological polar surface area (TPSA) is 350 Å². The highest BCUT2D eigenvalue weighted by Gasteiger charge is 2.38. The Kier molecular flexibility index (Phi) is 22.4. The average molecular weight is 1070 g/mol. The van der Waals surface area contributed by atoms with Gasteiger partial charge in [-0.2, -0.15) is 0 Å². The van der Waals surface area contributed by atoms with Crippen molar-refractivity contribution >= 4 is 70.6 Å². The van der Waals surface area contributed by atoms with Crippen molar-refractivity contribution < 1.29 is 67.6 Å². The number of amides is 8. The first-order valence-electron chi connectivity index (χ1n) is 25.3. The lowest BCUT2D eigenvalue weighted by atomic mass is 9.81. The van der Waals surface area contributed by atoms with Crippen LogP contribution in [0.25, 0.3) is 0 Å². The number of alkyl carbamates (subject to hydrolysis) is 2. The zero-order chi connectivity index (χ0) is 57.6. The molecular formula is C52H78N10O14. The van der Waals surface area contributed by atoms with E-state index in [1.54, 1.807) is 41.5 Å². The number of phenols is 2. The summed E-state index contributed by atoms with van der Waals surface area (Å²) in [7, 11) is 0. The molecule has 2 aromatic carbocycles. The van der Waals surface area contributed by atoms with Crippen LogP contribution >= 0.6 is 0 Å². The van der Waals surface area contributed by atoms with E-state index >= 15 is 0 Å². The number of hydrogen-bond acceptors (Lipinski definition) is 16. The Bertz CT molecular complexity index is 2330. The number of ketones is 2. The summed E-state index contributed by atoms with van der Waals surface area (Å²) in [5.74, 6) is -6.49. The molecule has 420 valence electrons. The van der Waals surface area contributed by atoms with Crippen molar-refractivity contribution in [2.45, 2.75) is 157 Å². The number of benzene rings is 2. The molecule has 2 aromatic rings. The van der Waals surface area contributed by atoms with Crippen LogP contribution in [0.3, 0.4) is 0 Å². The highest BCUT2D eigenvalue weighted by molar-refractivity contribution is 6.33. The normalized spacial score (nSPS) is 14.5. The third kappa shape index (κ3) is 18.9. The molecule has 0 bridgehead atoms. The van der Waals surface area contributed by atoms with Gasteiger partial charge in [-0.15, -0.1) is 0 Å². The first-order chi connectivity index (χ1) is 35.2. The second-order valence-electron chi connectivity index (χ2n) is 21.4. The summed E-state index contributed by atoms with van der Waals surface area (Å²) in [5.41, 5.74) is -2.42. The SMILES string of the molecule is CC(C)C[C@H](NC(=O)[C@H](C)NC(=O)[C@H](C)NC(=O)OC(C)(C)C)C(=O)NCCNc1ccc(NCCNC(=O)[C@H](CC(C)C)NC(=O)[C@H](C)NC(=O)[C@H](C)NC(=O)OC(C)(C)C)c2c1C(=O)c1c(O)ccc(O)c1C2=O. The van der Waals surface area contributed by atoms with Crippen molar-refractivity contribution in [2.24, 2.45) is 11.8 Å². The fourth-order valence-electron chi connectivity index (χ4n) is 7.58. The predicted molar refractivity (Wildman–Crippen MR) is 282 cm³/mol. The lowest BCUT2D eigenvalue weighted by molar-refractivity contribution is -0.132. The van der Waals surface area contributed by atoms with E-state index in [0.29, 0.717) is 0 Å². The van der Waals surface area contributed by atoms with Crippen molar-refractivity contribution in [3.05, 3.63) is 46.5 Å². The number of carbonyl (C=O) groups excluding carboxylic acids is 10. The van der Waals surface area contributed by atoms with Gasteiger partial charge < -0.3 is 72.9 Å². The number of anilines is 2. The maximum absolute atomic E-state index is 14.2. The van der Waals surface area contributed by atoms with Gasteiger partial charge in [-0.05, 0) is 118 Å². The minimum Gasteiger partial charge on any atom is -0.507 e. The van der Waals surface area contributed by atoms with Gasteiger partial charge in [0, 0.05) is 37.6 Å². The molecule has 24 heteroatoms. The standard InChI is InChI=1S/C52H78N10O14/c1-25(2)23-33(61-45(69)27(5)57-43(67)29(7)59-49(73)75-51(9,10)11)47(71)55-21-19-53-31-15-16-32(38-37(31)41(65)39-35(63)17-18-36(64)40(39)42(38)66)54-20-22-56-48(72)34(24-26(3)4)62-46(70)28(6)58-44(68)30(8)60-50(74)76-52(12,13)14/h15-18,25-30,33-34,53-54,63-64H,19-24H2,1-14H3,(H,55,71)(H,56,72)(H,57,67)(H,58,68)(H,59,73)(H,60,74)(H,61,69)(H,62,70)/t27-,28-,29-,30-,33-,34-/m0/s1. The zero-order valence-corrected chi connectivity index (χ0v) is 46.0. The van der Waals surface area contributed by atoms with E-state index < -0.39 is 129 Å². The van der Waals surface area contributed by atoms with E-state index in [1.807, 2.05) is 27.7 Å². The Morgan fingerprint density at radius 2 is 0.737 bits per heavy atom. The minimum atomic E-state index is -1.10. The summed E-state index contributed by atoms with van der Waals surface area (Å²) in [6.45, 7) is 23.0. The lowest BCUT2D eigenvalue weighted by Gasteiger charge is -2.25. The molecule has 1 aliphatic carbocycles. The quantitative estimate of drug-likeness (QED) is 0.0453. The summed E-state index contributed by atoms with van der Waals surface area (Å²) in [6, 6.07) is -1.15. The summed E-state index contributed by atoms with van der Waals surface area (Å²) in [4.78, 5) is 132. The zero-order valence-electron chi connectivity index (χ0n) is 46.0. The maximum atomic E-state index is 14.2. The molecule has 0 fully saturated rings. The first kappa shape index (κ1) is 62.6. The van der Waals surface area contributed by atoms with Crippen molar-refractivity contribution in [3.8, 4) is 11.5 Å². The molecule has 0 heterocycles. The maximum Gasteiger partial charge on any atom is 0.408 e. The molecule has 8 amide bonds. The molecule has 0 aromatic heterocycles. The predicted octanol–water partition coefficient (Wildman–Crippen LogP) is 2.83. The number of rotatable bonds is 24. The van der Waals surface area contributed by atoms with Crippen LogP contribution in [0.15, 0.2) is 24.3 Å². The van der Waals surface area contributed by atoms with Crippen LogP contribution in [0.2, 0.25) is 0 Å². The van der Waals surface area contributed by atoms with Gasteiger partial charge in [0.25, 0.3) is 0 Å². The number of phenolic OH excluding ortho intramolecular Hbond substituents is 2. The van der Waals surface area contributed by atoms with E-state index in [0.717, 1.165) is 12.1 Å². The molecular weight excluding hydrogens is 989 g/mol. The van der Waals surface area contributed by atoms with Crippen LogP contribution in [0.4, 0.5) is 21.0 Å². The van der Waals surface area contributed by atoms with Gasteiger partial charge in [0.05, 0.1) is 22.3 Å². The summed E-state index contributed by atoms with van der Waals surface area (Å²) in [6.07, 6.45) is -1.17. The van der Waals surface area contributed by atoms with Gasteiger partial charge >= 0.3 is 12.2 Å². The molecule has 0 saturated heterocycles. The molecule has 76 heavy (non-hydrogen) atoms. The average Bonchev–Trinajstić information content (AvgIpc) is 3.29. The smallest absolute Gasteiger partial charge is 0.408 e. The van der Waals surface area contributed by atoms with Crippen LogP contribution in [0.1, 0.15) is 142 Å². The van der Waals surface area contributed by atoms with Gasteiger partial charge in [-0.3, -0.25) is 38.4 Å². The van der Waals surface area contributed by atoms with Crippen molar-refractivity contribution in [1.29, 1.82) is 0 Å². The molecule has 1 aliphatic rings. The number of nitrogens with one attached hydrogen (secondary N) is 10. The van der Waals surface area contributed by atoms with Gasteiger partial charge in [-0.25, -0.2) is 9.59 Å². The number of ether oxygens (including phenoxy) is 2. The highest BCUT2D eigenvalue weighted by atomic mass is 16.6. The van der Waals surface area contributed by atoms with Crippen molar-refractivity contribution in [3.63, 3.8) is 0 Å². The van der Waals surface area contributed by atoms with E-state index in [1.165, 1.54) is 39.8 Å². The Labute approximate surface area is 443 Å². The summed E-state index contributed by atoms with van der Waals surface area (Å²) >= 11 is 0. The largest absolute Gasteiger partial charge is 0.507 e. The Morgan fingerprint density at radius 1 is 0.434 bits per heavy atom. The number of aromatic hydroxyl groups is 2. The number of fused-ring (bicyclic) bond motifs is 2. The molecule has 0 radical (unpaired) electrons. The van der Waals surface area contributed by atoms with Gasteiger partial charge in [0.15, 0.2) is 0 Å². The van der Waals surface area contributed by atoms with Crippen LogP contribution in [-0.4, -0.2) is 143 Å². The third-order valence-electron chi connectivity index (χ3n) is 11.2. The Hall–Kier alpha value is -7.66. The van der Waals surface area contributed by atoms with Crippen molar-refractivity contribution in [1.82, 2.24) is 42.5 Å². The summed E-state index contributed by atoms with van der Waals surface area (Å²) in [5, 5.41) is 48.3. The second-order valence-corrected chi connectivity index (χ2v) is 21.4. The van der Waals surface area contributed by atoms with E-state index in [9.17, 15) is 58.2 Å². The van der Waals surface area contributed by atoms with Crippen LogP contribution in [0.5, 0.6) is 11.5 Å². The fourth-order valence-corrected chi connectivity index (χ4v) is 7.58. The fraction of sp³-hybridized carbons (Fsp3) is 0.577. The van der Waals surface area contributed by atoms with Crippen LogP contribution in [0, 0.1) is 11.8 Å². The Morgan fingerprint density at radius 3 is 1.04 bits per heavy atom. The molecule has 12 N–H and O–H groups in total. The van der Waals surface area contributed by atoms with Gasteiger partial charge in [0.1, 0.15) is 59.0 Å². The molecule has 3 rings (SSSR count). The van der Waals surface area contributed by atoms with Gasteiger partial charge in [0.2, 0.25) is 47.0 Å². The molecule has 6 atom stereocenters. The first-order valence-corrected chi connectivity index (χ1v) is 25.3.